The van der Waals surface area contributed by atoms with Crippen molar-refractivity contribution in [2.24, 2.45) is 0 Å². The molecular weight excluding hydrogens is 198 g/mol. The van der Waals surface area contributed by atoms with Crippen molar-refractivity contribution in [3.05, 3.63) is 0 Å². The van der Waals surface area contributed by atoms with Crippen LogP contribution in [0.15, 0.2) is 0 Å². The lowest BCUT2D eigenvalue weighted by Gasteiger charge is -2.37. The minimum atomic E-state index is 0.0683. The first-order valence-electron chi connectivity index (χ1n) is 6.97. The van der Waals surface area contributed by atoms with Crippen LogP contribution in [0, 0.1) is 0 Å². The molecule has 1 unspecified atom stereocenters. The van der Waals surface area contributed by atoms with Crippen molar-refractivity contribution >= 4 is 0 Å². The minimum Gasteiger partial charge on any atom is -0.375 e. The number of hydrogen-bond acceptors (Lipinski definition) is 2. The van der Waals surface area contributed by atoms with E-state index < -0.39 is 0 Å². The van der Waals surface area contributed by atoms with Crippen molar-refractivity contribution in [3.8, 4) is 0 Å². The lowest BCUT2D eigenvalue weighted by molar-refractivity contribution is -0.0643. The third kappa shape index (κ3) is 4.84. The standard InChI is InChI=1S/C14H29NO/c1-5-7-12(8-6-2)15-13-9-10-16-14(3,4)11-13/h12-13,15H,5-11H2,1-4H3. The molecule has 1 rings (SSSR count). The first-order valence-corrected chi connectivity index (χ1v) is 6.97. The number of nitrogens with one attached hydrogen (secondary N) is 1. The molecule has 0 radical (unpaired) electrons. The molecule has 1 heterocycles. The molecule has 0 aliphatic carbocycles. The van der Waals surface area contributed by atoms with E-state index in [-0.39, 0.29) is 5.60 Å². The molecule has 96 valence electrons. The highest BCUT2D eigenvalue weighted by Gasteiger charge is 2.29. The van der Waals surface area contributed by atoms with E-state index in [2.05, 4.69) is 33.0 Å². The molecular formula is C14H29NO. The van der Waals surface area contributed by atoms with Gasteiger partial charge in [0.1, 0.15) is 0 Å². The first-order chi connectivity index (χ1) is 7.57. The van der Waals surface area contributed by atoms with Gasteiger partial charge in [0.15, 0.2) is 0 Å². The summed E-state index contributed by atoms with van der Waals surface area (Å²) in [6, 6.07) is 1.38. The van der Waals surface area contributed by atoms with Crippen LogP contribution in [0.25, 0.3) is 0 Å². The van der Waals surface area contributed by atoms with E-state index in [0.717, 1.165) is 13.0 Å². The fraction of sp³-hybridized carbons (Fsp3) is 1.00. The Labute approximate surface area is 101 Å². The summed E-state index contributed by atoms with van der Waals surface area (Å²) in [4.78, 5) is 0. The molecule has 0 amide bonds. The van der Waals surface area contributed by atoms with Crippen molar-refractivity contribution in [1.82, 2.24) is 5.32 Å². The second-order valence-electron chi connectivity index (χ2n) is 5.74. The van der Waals surface area contributed by atoms with Crippen LogP contribution in [-0.2, 0) is 4.74 Å². The molecule has 1 saturated heterocycles. The molecule has 2 nitrogen and oxygen atoms in total. The maximum Gasteiger partial charge on any atom is 0.0641 e. The summed E-state index contributed by atoms with van der Waals surface area (Å²) in [6.45, 7) is 9.87. The van der Waals surface area contributed by atoms with Crippen molar-refractivity contribution < 1.29 is 4.74 Å². The van der Waals surface area contributed by atoms with Crippen LogP contribution in [0.5, 0.6) is 0 Å². The van der Waals surface area contributed by atoms with Crippen LogP contribution in [-0.4, -0.2) is 24.3 Å². The minimum absolute atomic E-state index is 0.0683. The molecule has 1 fully saturated rings. The molecule has 1 aliphatic rings. The zero-order chi connectivity index (χ0) is 12.0. The maximum atomic E-state index is 5.76. The zero-order valence-electron chi connectivity index (χ0n) is 11.5. The Morgan fingerprint density at radius 3 is 2.38 bits per heavy atom. The molecule has 0 bridgehead atoms. The largest absolute Gasteiger partial charge is 0.375 e. The fourth-order valence-electron chi connectivity index (χ4n) is 2.72. The first kappa shape index (κ1) is 14.0. The highest BCUT2D eigenvalue weighted by atomic mass is 16.5. The van der Waals surface area contributed by atoms with E-state index in [0.29, 0.717) is 12.1 Å². The average Bonchev–Trinajstić information content (AvgIpc) is 2.16. The van der Waals surface area contributed by atoms with Gasteiger partial charge < -0.3 is 10.1 Å². The molecule has 2 heteroatoms. The van der Waals surface area contributed by atoms with Gasteiger partial charge in [-0.1, -0.05) is 26.7 Å². The lowest BCUT2D eigenvalue weighted by atomic mass is 9.92. The van der Waals surface area contributed by atoms with Crippen molar-refractivity contribution in [2.75, 3.05) is 6.61 Å². The SMILES string of the molecule is CCCC(CCC)NC1CCOC(C)(C)C1. The van der Waals surface area contributed by atoms with Crippen LogP contribution in [0.3, 0.4) is 0 Å². The highest BCUT2D eigenvalue weighted by Crippen LogP contribution is 2.24. The van der Waals surface area contributed by atoms with E-state index in [1.54, 1.807) is 0 Å². The Morgan fingerprint density at radius 1 is 1.25 bits per heavy atom. The maximum absolute atomic E-state index is 5.76. The molecule has 1 N–H and O–H groups in total. The summed E-state index contributed by atoms with van der Waals surface area (Å²) in [6.07, 6.45) is 7.51. The van der Waals surface area contributed by atoms with Crippen molar-refractivity contribution in [2.45, 2.75) is 83.9 Å². The summed E-state index contributed by atoms with van der Waals surface area (Å²) in [5, 5.41) is 3.83. The lowest BCUT2D eigenvalue weighted by Crippen LogP contribution is -2.47. The molecule has 0 aromatic carbocycles. The van der Waals surface area contributed by atoms with Gasteiger partial charge >= 0.3 is 0 Å². The van der Waals surface area contributed by atoms with Crippen LogP contribution in [0.2, 0.25) is 0 Å². The number of ether oxygens (including phenoxy) is 1. The Bertz CT molecular complexity index is 185. The second-order valence-corrected chi connectivity index (χ2v) is 5.74. The Hall–Kier alpha value is -0.0800. The third-order valence-corrected chi connectivity index (χ3v) is 3.44. The van der Waals surface area contributed by atoms with Crippen LogP contribution >= 0.6 is 0 Å². The summed E-state index contributed by atoms with van der Waals surface area (Å²) in [5.41, 5.74) is 0.0683. The third-order valence-electron chi connectivity index (χ3n) is 3.44. The molecule has 1 atom stereocenters. The number of hydrogen-bond donors (Lipinski definition) is 1. The molecule has 0 aromatic heterocycles. The second kappa shape index (κ2) is 6.61. The van der Waals surface area contributed by atoms with Gasteiger partial charge in [0.25, 0.3) is 0 Å². The van der Waals surface area contributed by atoms with E-state index >= 15 is 0 Å². The smallest absolute Gasteiger partial charge is 0.0641 e. The van der Waals surface area contributed by atoms with E-state index in [4.69, 9.17) is 4.74 Å². The topological polar surface area (TPSA) is 21.3 Å². The summed E-state index contributed by atoms with van der Waals surface area (Å²) in [5.74, 6) is 0. The van der Waals surface area contributed by atoms with Crippen molar-refractivity contribution in [3.63, 3.8) is 0 Å². The van der Waals surface area contributed by atoms with Crippen LogP contribution in [0.1, 0.15) is 66.2 Å². The van der Waals surface area contributed by atoms with E-state index in [1.165, 1.54) is 32.1 Å². The van der Waals surface area contributed by atoms with Gasteiger partial charge in [-0.25, -0.2) is 0 Å². The predicted octanol–water partition coefficient (Wildman–Crippen LogP) is 3.50. The molecule has 0 spiro atoms. The molecule has 16 heavy (non-hydrogen) atoms. The average molecular weight is 227 g/mol. The Kier molecular flexibility index (Phi) is 5.77. The summed E-state index contributed by atoms with van der Waals surface area (Å²) in [7, 11) is 0. The summed E-state index contributed by atoms with van der Waals surface area (Å²) < 4.78 is 5.76. The van der Waals surface area contributed by atoms with Crippen molar-refractivity contribution in [1.29, 1.82) is 0 Å². The van der Waals surface area contributed by atoms with E-state index in [1.807, 2.05) is 0 Å². The quantitative estimate of drug-likeness (QED) is 0.750. The fourth-order valence-corrected chi connectivity index (χ4v) is 2.72. The molecule has 0 saturated carbocycles. The van der Waals surface area contributed by atoms with Gasteiger partial charge in [-0.2, -0.15) is 0 Å². The van der Waals surface area contributed by atoms with Gasteiger partial charge in [0.05, 0.1) is 5.60 Å². The normalized spacial score (nSPS) is 24.9. The Morgan fingerprint density at radius 2 is 1.88 bits per heavy atom. The predicted molar refractivity (Wildman–Crippen MR) is 69.8 cm³/mol. The van der Waals surface area contributed by atoms with Crippen LogP contribution in [0.4, 0.5) is 0 Å². The highest BCUT2D eigenvalue weighted by molar-refractivity contribution is 4.85. The zero-order valence-corrected chi connectivity index (χ0v) is 11.5. The monoisotopic (exact) mass is 227 g/mol. The van der Waals surface area contributed by atoms with Gasteiger partial charge in [-0.3, -0.25) is 0 Å². The summed E-state index contributed by atoms with van der Waals surface area (Å²) >= 11 is 0. The van der Waals surface area contributed by atoms with Gasteiger partial charge in [0.2, 0.25) is 0 Å². The van der Waals surface area contributed by atoms with Gasteiger partial charge in [-0.15, -0.1) is 0 Å². The molecule has 0 aromatic rings. The van der Waals surface area contributed by atoms with Gasteiger partial charge in [0, 0.05) is 18.7 Å². The van der Waals surface area contributed by atoms with Crippen LogP contribution < -0.4 is 5.32 Å². The van der Waals surface area contributed by atoms with Gasteiger partial charge in [-0.05, 0) is 39.5 Å². The molecule has 1 aliphatic heterocycles. The van der Waals surface area contributed by atoms with E-state index in [9.17, 15) is 0 Å². The number of rotatable bonds is 6. The Balaban J connectivity index is 2.38.